The van der Waals surface area contributed by atoms with Gasteiger partial charge in [-0.1, -0.05) is 36.0 Å². The lowest BCUT2D eigenvalue weighted by Crippen LogP contribution is -2.37. The van der Waals surface area contributed by atoms with Crippen LogP contribution in [-0.4, -0.2) is 58.1 Å². The highest BCUT2D eigenvalue weighted by Crippen LogP contribution is 2.27. The van der Waals surface area contributed by atoms with Gasteiger partial charge in [-0.15, -0.1) is 10.2 Å². The molecule has 34 heavy (non-hydrogen) atoms. The maximum Gasteiger partial charge on any atom is 0.230 e. The van der Waals surface area contributed by atoms with Gasteiger partial charge in [-0.25, -0.2) is 0 Å². The van der Waals surface area contributed by atoms with Gasteiger partial charge in [0.25, 0.3) is 0 Å². The first-order valence-corrected chi connectivity index (χ1v) is 12.7. The zero-order chi connectivity index (χ0) is 24.1. The first-order chi connectivity index (χ1) is 16.5. The van der Waals surface area contributed by atoms with E-state index in [1.54, 1.807) is 7.11 Å². The lowest BCUT2D eigenvalue weighted by atomic mass is 10.1. The van der Waals surface area contributed by atoms with Gasteiger partial charge in [-0.05, 0) is 81.6 Å². The van der Waals surface area contributed by atoms with Gasteiger partial charge in [0.15, 0.2) is 5.16 Å². The lowest BCUT2D eigenvalue weighted by Gasteiger charge is -2.28. The van der Waals surface area contributed by atoms with Gasteiger partial charge in [-0.3, -0.25) is 14.3 Å². The minimum absolute atomic E-state index is 0.00382. The van der Waals surface area contributed by atoms with Crippen LogP contribution in [0.4, 0.5) is 0 Å². The van der Waals surface area contributed by atoms with Crippen LogP contribution in [0.5, 0.6) is 5.75 Å². The molecule has 0 aliphatic carbocycles. The third-order valence-corrected chi connectivity index (χ3v) is 7.24. The number of aryl methyl sites for hydroxylation is 3. The topological polar surface area (TPSA) is 72.3 Å². The number of methoxy groups -OCH3 is 1. The molecule has 1 amide bonds. The van der Waals surface area contributed by atoms with Gasteiger partial charge < -0.3 is 10.1 Å². The molecule has 1 unspecified atom stereocenters. The van der Waals surface area contributed by atoms with Crippen LogP contribution in [0.2, 0.25) is 0 Å². The van der Waals surface area contributed by atoms with E-state index in [2.05, 4.69) is 64.6 Å². The van der Waals surface area contributed by atoms with E-state index < -0.39 is 0 Å². The molecule has 1 N–H and O–H groups in total. The van der Waals surface area contributed by atoms with Crippen LogP contribution < -0.4 is 10.1 Å². The molecule has 8 heteroatoms. The highest BCUT2D eigenvalue weighted by molar-refractivity contribution is 7.99. The van der Waals surface area contributed by atoms with Crippen LogP contribution >= 0.6 is 11.8 Å². The Hall–Kier alpha value is -2.84. The Balaban J connectivity index is 1.41. The second kappa shape index (κ2) is 11.1. The zero-order valence-electron chi connectivity index (χ0n) is 20.4. The number of nitrogens with zero attached hydrogens (tertiary/aromatic N) is 4. The summed E-state index contributed by atoms with van der Waals surface area (Å²) in [4.78, 5) is 15.3. The molecule has 1 aromatic heterocycles. The maximum atomic E-state index is 12.8. The summed E-state index contributed by atoms with van der Waals surface area (Å²) < 4.78 is 7.34. The summed E-state index contributed by atoms with van der Waals surface area (Å²) in [6.07, 6.45) is 2.40. The van der Waals surface area contributed by atoms with Crippen molar-refractivity contribution in [3.05, 3.63) is 65.0 Å². The summed E-state index contributed by atoms with van der Waals surface area (Å²) in [6.45, 7) is 8.78. The molecule has 3 aromatic rings. The monoisotopic (exact) mass is 479 g/mol. The number of likely N-dealkylation sites (tertiary alicyclic amines) is 1. The number of ether oxygens (including phenoxy) is 1. The highest BCUT2D eigenvalue weighted by Gasteiger charge is 2.24. The van der Waals surface area contributed by atoms with E-state index in [1.807, 2.05) is 23.6 Å². The van der Waals surface area contributed by atoms with Crippen LogP contribution in [0, 0.1) is 20.8 Å². The summed E-state index contributed by atoms with van der Waals surface area (Å²) in [5, 5.41) is 12.5. The molecule has 0 bridgehead atoms. The number of rotatable bonds is 9. The van der Waals surface area contributed by atoms with Crippen LogP contribution in [0.25, 0.3) is 5.69 Å². The number of hydrogen-bond acceptors (Lipinski definition) is 6. The molecular weight excluding hydrogens is 446 g/mol. The zero-order valence-corrected chi connectivity index (χ0v) is 21.2. The van der Waals surface area contributed by atoms with Gasteiger partial charge >= 0.3 is 0 Å². The second-order valence-corrected chi connectivity index (χ2v) is 9.72. The first kappa shape index (κ1) is 24.3. The lowest BCUT2D eigenvalue weighted by molar-refractivity contribution is -0.118. The van der Waals surface area contributed by atoms with Crippen molar-refractivity contribution in [2.24, 2.45) is 0 Å². The Kier molecular flexibility index (Phi) is 7.90. The van der Waals surface area contributed by atoms with Crippen LogP contribution in [0.1, 0.15) is 41.4 Å². The molecule has 0 saturated carbocycles. The smallest absolute Gasteiger partial charge is 0.230 e. The molecule has 2 heterocycles. The number of nitrogens with one attached hydrogen (secondary N) is 1. The molecule has 1 aliphatic rings. The summed E-state index contributed by atoms with van der Waals surface area (Å²) in [5.74, 6) is 1.94. The van der Waals surface area contributed by atoms with E-state index in [9.17, 15) is 4.79 Å². The molecule has 1 atom stereocenters. The van der Waals surface area contributed by atoms with E-state index >= 15 is 0 Å². The molecule has 1 saturated heterocycles. The van der Waals surface area contributed by atoms with Crippen molar-refractivity contribution >= 4 is 17.7 Å². The van der Waals surface area contributed by atoms with E-state index in [0.29, 0.717) is 12.3 Å². The molecule has 1 fully saturated rings. The van der Waals surface area contributed by atoms with Crippen molar-refractivity contribution in [3.63, 3.8) is 0 Å². The van der Waals surface area contributed by atoms with E-state index in [0.717, 1.165) is 41.1 Å². The molecule has 2 aromatic carbocycles. The molecule has 0 spiro atoms. The summed E-state index contributed by atoms with van der Waals surface area (Å²) >= 11 is 1.42. The summed E-state index contributed by atoms with van der Waals surface area (Å²) in [5.41, 5.74) is 4.57. The number of amides is 1. The molecule has 180 valence electrons. The number of thioether (sulfide) groups is 1. The number of carbonyl (C=O) groups is 1. The van der Waals surface area contributed by atoms with Crippen LogP contribution in [0.15, 0.2) is 47.6 Å². The Morgan fingerprint density at radius 3 is 2.53 bits per heavy atom. The average molecular weight is 480 g/mol. The quantitative estimate of drug-likeness (QED) is 0.463. The highest BCUT2D eigenvalue weighted by atomic mass is 32.2. The van der Waals surface area contributed by atoms with E-state index in [-0.39, 0.29) is 11.9 Å². The van der Waals surface area contributed by atoms with Gasteiger partial charge in [0, 0.05) is 6.54 Å². The fraction of sp³-hybridized carbons (Fsp3) is 0.423. The Morgan fingerprint density at radius 1 is 1.09 bits per heavy atom. The van der Waals surface area contributed by atoms with Crippen LogP contribution in [-0.2, 0) is 4.79 Å². The third-order valence-electron chi connectivity index (χ3n) is 6.31. The number of aromatic nitrogens is 3. The minimum Gasteiger partial charge on any atom is -0.497 e. The first-order valence-electron chi connectivity index (χ1n) is 11.7. The third kappa shape index (κ3) is 5.62. The van der Waals surface area contributed by atoms with Crippen molar-refractivity contribution in [3.8, 4) is 11.4 Å². The van der Waals surface area contributed by atoms with Crippen LogP contribution in [0.3, 0.4) is 0 Å². The summed E-state index contributed by atoms with van der Waals surface area (Å²) in [6, 6.07) is 14.6. The van der Waals surface area contributed by atoms with Gasteiger partial charge in [0.05, 0.1) is 24.6 Å². The normalized spacial score (nSPS) is 14.8. The number of benzene rings is 2. The predicted molar refractivity (Wildman–Crippen MR) is 136 cm³/mol. The summed E-state index contributed by atoms with van der Waals surface area (Å²) in [7, 11) is 1.67. The van der Waals surface area contributed by atoms with E-state index in [4.69, 9.17) is 4.74 Å². The molecule has 7 nitrogen and oxygen atoms in total. The molecule has 1 aliphatic heterocycles. The average Bonchev–Trinajstić information content (AvgIpc) is 3.50. The fourth-order valence-electron chi connectivity index (χ4n) is 4.40. The molecule has 0 radical (unpaired) electrons. The van der Waals surface area contributed by atoms with Gasteiger partial charge in [0.1, 0.15) is 11.6 Å². The Morgan fingerprint density at radius 2 is 1.82 bits per heavy atom. The number of carbonyl (C=O) groups excluding carboxylic acids is 1. The molecular formula is C26H33N5O2S. The van der Waals surface area contributed by atoms with Crippen molar-refractivity contribution in [1.29, 1.82) is 0 Å². The Bertz CT molecular complexity index is 1120. The predicted octanol–water partition coefficient (Wildman–Crippen LogP) is 4.25. The van der Waals surface area contributed by atoms with Crippen molar-refractivity contribution in [2.75, 3.05) is 32.5 Å². The number of hydrogen-bond donors (Lipinski definition) is 1. The van der Waals surface area contributed by atoms with Crippen molar-refractivity contribution in [1.82, 2.24) is 25.0 Å². The fourth-order valence-corrected chi connectivity index (χ4v) is 5.22. The van der Waals surface area contributed by atoms with Crippen molar-refractivity contribution < 1.29 is 9.53 Å². The maximum absolute atomic E-state index is 12.8. The Labute approximate surface area is 205 Å². The second-order valence-electron chi connectivity index (χ2n) is 8.78. The van der Waals surface area contributed by atoms with Crippen molar-refractivity contribution in [2.45, 2.75) is 44.8 Å². The largest absolute Gasteiger partial charge is 0.497 e. The van der Waals surface area contributed by atoms with Gasteiger partial charge in [0.2, 0.25) is 5.91 Å². The standard InChI is InChI=1S/C26H33N5O2S/c1-18-7-8-19(2)23(15-18)31-20(3)28-29-26(31)34-17-25(32)27-16-24(30-13-5-6-14-30)21-9-11-22(33-4)12-10-21/h7-12,15,24H,5-6,13-14,16-17H2,1-4H3,(H,27,32). The van der Waals surface area contributed by atoms with Gasteiger partial charge in [-0.2, -0.15) is 0 Å². The SMILES string of the molecule is COc1ccc(C(CNC(=O)CSc2nnc(C)n2-c2cc(C)ccc2C)N2CCCC2)cc1. The minimum atomic E-state index is -0.00382. The molecule has 4 rings (SSSR count). The van der Waals surface area contributed by atoms with E-state index in [1.165, 1.54) is 35.7 Å².